The van der Waals surface area contributed by atoms with E-state index in [1.165, 1.54) is 14.1 Å². The fraction of sp³-hybridized carbons (Fsp3) is 0.200. The zero-order chi connectivity index (χ0) is 20.8. The monoisotopic (exact) mass is 392 g/mol. The van der Waals surface area contributed by atoms with Gasteiger partial charge < -0.3 is 15.6 Å². The highest BCUT2D eigenvalue weighted by atomic mass is 16.7. The standard InChI is InChI=1S/C15H16N6O7/c1-18(2)21(27)17-28-15-7-12(13(19(23)24)8-14(15)20(25)26)16-11-5-3-10(9-22)4-6-11/h3-8,16,22H,9H2,1-2H3/b21-17-. The van der Waals surface area contributed by atoms with E-state index in [9.17, 15) is 25.4 Å². The Morgan fingerprint density at radius 2 is 1.68 bits per heavy atom. The number of hydrogen-bond acceptors (Lipinski definition) is 9. The van der Waals surface area contributed by atoms with Gasteiger partial charge in [-0.3, -0.25) is 25.1 Å². The van der Waals surface area contributed by atoms with Crippen LogP contribution in [0, 0.1) is 25.4 Å². The molecule has 0 radical (unpaired) electrons. The molecule has 0 amide bonds. The summed E-state index contributed by atoms with van der Waals surface area (Å²) < 4.78 is 0. The highest BCUT2D eigenvalue weighted by Crippen LogP contribution is 2.39. The van der Waals surface area contributed by atoms with Crippen LogP contribution in [0.25, 0.3) is 0 Å². The summed E-state index contributed by atoms with van der Waals surface area (Å²) in [5.74, 6) is -0.465. The number of aliphatic hydroxyl groups excluding tert-OH is 1. The second-order valence-corrected chi connectivity index (χ2v) is 5.60. The summed E-state index contributed by atoms with van der Waals surface area (Å²) in [4.78, 5) is 25.7. The Labute approximate surface area is 157 Å². The summed E-state index contributed by atoms with van der Waals surface area (Å²) >= 11 is 0. The largest absolute Gasteiger partial charge is 0.569 e. The molecule has 0 spiro atoms. The molecule has 0 saturated heterocycles. The zero-order valence-corrected chi connectivity index (χ0v) is 14.8. The van der Waals surface area contributed by atoms with Crippen molar-refractivity contribution in [2.45, 2.75) is 6.61 Å². The number of hydrogen-bond donors (Lipinski definition) is 2. The van der Waals surface area contributed by atoms with Crippen molar-refractivity contribution in [3.05, 3.63) is 67.4 Å². The van der Waals surface area contributed by atoms with Crippen molar-refractivity contribution in [3.8, 4) is 5.75 Å². The minimum absolute atomic E-state index is 0.0336. The number of nitro benzene ring substituents is 2. The van der Waals surface area contributed by atoms with E-state index in [0.717, 1.165) is 11.1 Å². The maximum Gasteiger partial charge on any atom is 0.321 e. The Balaban J connectivity index is 2.49. The molecular weight excluding hydrogens is 376 g/mol. The first kappa shape index (κ1) is 20.3. The number of hydrazine groups is 1. The quantitative estimate of drug-likeness (QED) is 0.296. The molecule has 0 aromatic heterocycles. The van der Waals surface area contributed by atoms with E-state index >= 15 is 0 Å². The maximum atomic E-state index is 11.4. The molecule has 0 saturated carbocycles. The lowest BCUT2D eigenvalue weighted by molar-refractivity contribution is -0.695. The SMILES string of the molecule is CN(C)/[N+]([O-])=N/Oc1cc(Nc2ccc(CO)cc2)c([N+](=O)[O-])cc1[N+](=O)[O-]. The lowest BCUT2D eigenvalue weighted by Crippen LogP contribution is -2.21. The van der Waals surface area contributed by atoms with E-state index < -0.39 is 27.0 Å². The molecule has 2 aromatic rings. The predicted molar refractivity (Wildman–Crippen MR) is 95.8 cm³/mol. The summed E-state index contributed by atoms with van der Waals surface area (Å²) in [6.07, 6.45) is 0. The number of rotatable bonds is 8. The first-order chi connectivity index (χ1) is 13.2. The summed E-state index contributed by atoms with van der Waals surface area (Å²) in [6, 6.07) is 8.03. The van der Waals surface area contributed by atoms with Gasteiger partial charge in [-0.15, -0.1) is 0 Å². The van der Waals surface area contributed by atoms with Crippen molar-refractivity contribution in [3.63, 3.8) is 0 Å². The smallest absolute Gasteiger partial charge is 0.321 e. The van der Waals surface area contributed by atoms with Crippen LogP contribution in [0.15, 0.2) is 41.7 Å². The number of nitrogens with one attached hydrogen (secondary N) is 1. The fourth-order valence-corrected chi connectivity index (χ4v) is 2.03. The third-order valence-corrected chi connectivity index (χ3v) is 3.44. The first-order valence-electron chi connectivity index (χ1n) is 7.69. The summed E-state index contributed by atoms with van der Waals surface area (Å²) in [7, 11) is 2.74. The summed E-state index contributed by atoms with van der Waals surface area (Å²) in [5, 5.41) is 50.0. The van der Waals surface area contributed by atoms with Crippen LogP contribution >= 0.6 is 0 Å². The number of benzene rings is 2. The van der Waals surface area contributed by atoms with Gasteiger partial charge in [0.15, 0.2) is 0 Å². The molecule has 0 unspecified atom stereocenters. The number of anilines is 2. The molecule has 2 aromatic carbocycles. The second-order valence-electron chi connectivity index (χ2n) is 5.60. The average molecular weight is 392 g/mol. The van der Waals surface area contributed by atoms with Crippen molar-refractivity contribution >= 4 is 22.7 Å². The van der Waals surface area contributed by atoms with Crippen molar-refractivity contribution in [1.82, 2.24) is 5.01 Å². The predicted octanol–water partition coefficient (Wildman–Crippen LogP) is 2.47. The van der Waals surface area contributed by atoms with Crippen molar-refractivity contribution in [2.75, 3.05) is 19.4 Å². The fourth-order valence-electron chi connectivity index (χ4n) is 2.03. The molecule has 0 aliphatic rings. The summed E-state index contributed by atoms with van der Waals surface area (Å²) in [6.45, 7) is -0.172. The van der Waals surface area contributed by atoms with E-state index in [1.54, 1.807) is 24.3 Å². The lowest BCUT2D eigenvalue weighted by atomic mass is 10.2. The van der Waals surface area contributed by atoms with Crippen molar-refractivity contribution in [2.24, 2.45) is 5.28 Å². The van der Waals surface area contributed by atoms with E-state index in [4.69, 9.17) is 9.94 Å². The van der Waals surface area contributed by atoms with Crippen LogP contribution in [0.5, 0.6) is 5.75 Å². The molecule has 0 bridgehead atoms. The number of aliphatic hydroxyl groups is 1. The minimum atomic E-state index is -0.886. The van der Waals surface area contributed by atoms with Gasteiger partial charge in [-0.25, -0.2) is 0 Å². The topological polar surface area (TPSA) is 169 Å². The Morgan fingerprint density at radius 3 is 2.18 bits per heavy atom. The highest BCUT2D eigenvalue weighted by molar-refractivity contribution is 5.75. The van der Waals surface area contributed by atoms with Gasteiger partial charge in [0.05, 0.1) is 35.5 Å². The Hall–Kier alpha value is -4.00. The van der Waals surface area contributed by atoms with E-state index in [0.29, 0.717) is 17.3 Å². The van der Waals surface area contributed by atoms with Gasteiger partial charge in [-0.2, -0.15) is 5.01 Å². The third kappa shape index (κ3) is 4.79. The second kappa shape index (κ2) is 8.59. The van der Waals surface area contributed by atoms with Gasteiger partial charge in [0, 0.05) is 11.8 Å². The van der Waals surface area contributed by atoms with Gasteiger partial charge in [-0.1, -0.05) is 12.1 Å². The zero-order valence-electron chi connectivity index (χ0n) is 14.8. The number of nitrogens with zero attached hydrogens (tertiary/aromatic N) is 5. The van der Waals surface area contributed by atoms with Crippen LogP contribution in [0.4, 0.5) is 22.7 Å². The molecule has 13 heteroatoms. The molecule has 0 aliphatic heterocycles. The van der Waals surface area contributed by atoms with Crippen molar-refractivity contribution in [1.29, 1.82) is 0 Å². The van der Waals surface area contributed by atoms with E-state index in [-0.39, 0.29) is 17.3 Å². The molecular formula is C15H16N6O7. The molecule has 0 atom stereocenters. The molecule has 148 valence electrons. The van der Waals surface area contributed by atoms with Crippen LogP contribution in [0.2, 0.25) is 0 Å². The first-order valence-corrected chi connectivity index (χ1v) is 7.69. The molecule has 13 nitrogen and oxygen atoms in total. The minimum Gasteiger partial charge on any atom is -0.569 e. The molecule has 0 heterocycles. The Morgan fingerprint density at radius 1 is 1.07 bits per heavy atom. The summed E-state index contributed by atoms with van der Waals surface area (Å²) in [5.41, 5.74) is -0.359. The van der Waals surface area contributed by atoms with Crippen LogP contribution in [-0.4, -0.2) is 39.0 Å². The van der Waals surface area contributed by atoms with Gasteiger partial charge in [0.25, 0.3) is 5.69 Å². The number of nitro groups is 2. The Kier molecular flexibility index (Phi) is 6.23. The van der Waals surface area contributed by atoms with Gasteiger partial charge >= 0.3 is 5.69 Å². The van der Waals surface area contributed by atoms with Crippen molar-refractivity contribution < 1.29 is 24.8 Å². The average Bonchev–Trinajstić information content (AvgIpc) is 2.66. The van der Waals surface area contributed by atoms with Crippen LogP contribution in [0.3, 0.4) is 0 Å². The van der Waals surface area contributed by atoms with Gasteiger partial charge in [0.2, 0.25) is 11.0 Å². The van der Waals surface area contributed by atoms with E-state index in [1.807, 2.05) is 0 Å². The van der Waals surface area contributed by atoms with Crippen LogP contribution in [-0.2, 0) is 6.61 Å². The van der Waals surface area contributed by atoms with Gasteiger partial charge in [-0.05, 0) is 17.7 Å². The third-order valence-electron chi connectivity index (χ3n) is 3.44. The molecule has 2 rings (SSSR count). The van der Waals surface area contributed by atoms with Crippen LogP contribution in [0.1, 0.15) is 5.56 Å². The molecule has 0 aliphatic carbocycles. The maximum absolute atomic E-state index is 11.4. The molecule has 28 heavy (non-hydrogen) atoms. The normalized spacial score (nSPS) is 11.0. The Bertz CT molecular complexity index is 914. The molecule has 0 fully saturated rings. The molecule has 2 N–H and O–H groups in total. The van der Waals surface area contributed by atoms with Crippen LogP contribution < -0.4 is 10.2 Å². The highest BCUT2D eigenvalue weighted by Gasteiger charge is 2.27. The van der Waals surface area contributed by atoms with E-state index in [2.05, 4.69) is 10.6 Å². The van der Waals surface area contributed by atoms with Gasteiger partial charge in [0.1, 0.15) is 11.8 Å². The lowest BCUT2D eigenvalue weighted by Gasteiger charge is -2.10.